The summed E-state index contributed by atoms with van der Waals surface area (Å²) in [6, 6.07) is 24.6. The van der Waals surface area contributed by atoms with Crippen LogP contribution < -0.4 is 5.32 Å². The van der Waals surface area contributed by atoms with E-state index < -0.39 is 0 Å². The van der Waals surface area contributed by atoms with Gasteiger partial charge in [0.15, 0.2) is 5.78 Å². The molecule has 1 aliphatic heterocycles. The number of esters is 1. The molecule has 178 valence electrons. The van der Waals surface area contributed by atoms with Crippen LogP contribution in [0.15, 0.2) is 72.8 Å². The summed E-state index contributed by atoms with van der Waals surface area (Å²) in [6.45, 7) is 2.14. The maximum Gasteiger partial charge on any atom is 0.338 e. The van der Waals surface area contributed by atoms with Crippen LogP contribution in [-0.4, -0.2) is 18.4 Å². The van der Waals surface area contributed by atoms with Gasteiger partial charge in [-0.3, -0.25) is 4.79 Å². The lowest BCUT2D eigenvalue weighted by Crippen LogP contribution is -2.35. The lowest BCUT2D eigenvalue weighted by molar-refractivity contribution is 0.0526. The first-order valence-corrected chi connectivity index (χ1v) is 12.9. The summed E-state index contributed by atoms with van der Waals surface area (Å²) in [4.78, 5) is 25.1. The Morgan fingerprint density at radius 3 is 2.43 bits per heavy atom. The highest BCUT2D eigenvalue weighted by Crippen LogP contribution is 2.63. The summed E-state index contributed by atoms with van der Waals surface area (Å²) in [7, 11) is 0. The summed E-state index contributed by atoms with van der Waals surface area (Å²) >= 11 is 0. The average Bonchev–Trinajstić information content (AvgIpc) is 3.52. The Kier molecular flexibility index (Phi) is 5.68. The zero-order chi connectivity index (χ0) is 23.9. The number of Topliss-reactive ketones (excluding diaryl/α,β-unsaturated/α-hetero) is 1. The Morgan fingerprint density at radius 1 is 0.914 bits per heavy atom. The van der Waals surface area contributed by atoms with Crippen molar-refractivity contribution >= 4 is 17.4 Å². The van der Waals surface area contributed by atoms with E-state index in [-0.39, 0.29) is 11.8 Å². The molecule has 5 atom stereocenters. The average molecular weight is 466 g/mol. The normalized spacial score (nSPS) is 25.9. The number of ether oxygens (including phenoxy) is 1. The first kappa shape index (κ1) is 22.1. The standard InChI is InChI=1S/C31H31NO3/c1-2-35-31(34)21-10-8-19(9-11-21)16-27(33)22-14-15-26-25(18-22)28-23-12-13-24(17-23)29(28)30(32-26)20-6-4-3-5-7-20/h3-11,14-15,18,23-24,28-30,32H,2,12-13,16-17H2,1H3. The Balaban J connectivity index is 1.26. The summed E-state index contributed by atoms with van der Waals surface area (Å²) in [6.07, 6.45) is 4.26. The van der Waals surface area contributed by atoms with Gasteiger partial charge in [-0.1, -0.05) is 42.5 Å². The molecule has 3 aromatic rings. The van der Waals surface area contributed by atoms with E-state index in [1.54, 1.807) is 19.1 Å². The number of carbonyl (C=O) groups excluding carboxylic acids is 2. The van der Waals surface area contributed by atoms with Crippen molar-refractivity contribution in [3.05, 3.63) is 101 Å². The summed E-state index contributed by atoms with van der Waals surface area (Å²) < 4.78 is 5.05. The number of fused-ring (bicyclic) bond motifs is 7. The van der Waals surface area contributed by atoms with E-state index in [4.69, 9.17) is 4.74 Å². The van der Waals surface area contributed by atoms with Gasteiger partial charge in [0, 0.05) is 17.7 Å². The van der Waals surface area contributed by atoms with Crippen molar-refractivity contribution in [1.29, 1.82) is 0 Å². The van der Waals surface area contributed by atoms with E-state index in [1.165, 1.54) is 36.1 Å². The SMILES string of the molecule is CCOC(=O)c1ccc(CC(=O)c2ccc3c(c2)C2C4CCC(C4)C2C(c2ccccc2)N3)cc1. The summed E-state index contributed by atoms with van der Waals surface area (Å²) in [5.74, 6) is 2.37. The van der Waals surface area contributed by atoms with Crippen molar-refractivity contribution in [2.45, 2.75) is 44.6 Å². The van der Waals surface area contributed by atoms with Crippen LogP contribution in [0.1, 0.15) is 75.6 Å². The molecule has 0 amide bonds. The Hall–Kier alpha value is -3.40. The number of benzene rings is 3. The molecule has 4 nitrogen and oxygen atoms in total. The minimum atomic E-state index is -0.332. The van der Waals surface area contributed by atoms with Gasteiger partial charge < -0.3 is 10.1 Å². The molecular weight excluding hydrogens is 434 g/mol. The van der Waals surface area contributed by atoms with Crippen molar-refractivity contribution in [1.82, 2.24) is 0 Å². The van der Waals surface area contributed by atoms with Crippen LogP contribution in [0.4, 0.5) is 5.69 Å². The number of rotatable bonds is 6. The van der Waals surface area contributed by atoms with Gasteiger partial charge in [-0.2, -0.15) is 0 Å². The number of hydrogen-bond acceptors (Lipinski definition) is 4. The molecule has 0 radical (unpaired) electrons. The van der Waals surface area contributed by atoms with Crippen molar-refractivity contribution < 1.29 is 14.3 Å². The number of ketones is 1. The topological polar surface area (TPSA) is 55.4 Å². The molecule has 3 aromatic carbocycles. The van der Waals surface area contributed by atoms with Crippen LogP contribution in [0.5, 0.6) is 0 Å². The molecule has 0 aromatic heterocycles. The van der Waals surface area contributed by atoms with Gasteiger partial charge in [0.05, 0.1) is 18.2 Å². The second-order valence-corrected chi connectivity index (χ2v) is 10.3. The molecule has 2 fully saturated rings. The van der Waals surface area contributed by atoms with E-state index in [0.717, 1.165) is 23.0 Å². The largest absolute Gasteiger partial charge is 0.462 e. The van der Waals surface area contributed by atoms with Gasteiger partial charge in [-0.25, -0.2) is 4.79 Å². The van der Waals surface area contributed by atoms with E-state index in [9.17, 15) is 9.59 Å². The lowest BCUT2D eigenvalue weighted by Gasteiger charge is -2.43. The quantitative estimate of drug-likeness (QED) is 0.330. The van der Waals surface area contributed by atoms with Crippen LogP contribution in [0.25, 0.3) is 0 Å². The van der Waals surface area contributed by atoms with Crippen molar-refractivity contribution in [3.8, 4) is 0 Å². The number of anilines is 1. The molecule has 2 aliphatic carbocycles. The number of hydrogen-bond donors (Lipinski definition) is 1. The van der Waals surface area contributed by atoms with Crippen molar-refractivity contribution in [2.75, 3.05) is 11.9 Å². The van der Waals surface area contributed by atoms with Gasteiger partial charge in [0.1, 0.15) is 0 Å². The Labute approximate surface area is 206 Å². The predicted octanol–water partition coefficient (Wildman–Crippen LogP) is 6.59. The monoisotopic (exact) mass is 465 g/mol. The molecule has 4 heteroatoms. The van der Waals surface area contributed by atoms with Crippen molar-refractivity contribution in [2.24, 2.45) is 17.8 Å². The second kappa shape index (κ2) is 8.99. The zero-order valence-corrected chi connectivity index (χ0v) is 20.1. The Morgan fingerprint density at radius 2 is 1.66 bits per heavy atom. The lowest BCUT2D eigenvalue weighted by atomic mass is 9.68. The van der Waals surface area contributed by atoms with Crippen LogP contribution in [-0.2, 0) is 11.2 Å². The highest BCUT2D eigenvalue weighted by atomic mass is 16.5. The molecule has 0 saturated heterocycles. The first-order valence-electron chi connectivity index (χ1n) is 12.9. The van der Waals surface area contributed by atoms with Crippen molar-refractivity contribution in [3.63, 3.8) is 0 Å². The Bertz CT molecular complexity index is 1250. The third kappa shape index (κ3) is 3.95. The molecule has 5 unspecified atom stereocenters. The van der Waals surface area contributed by atoms with E-state index >= 15 is 0 Å². The van der Waals surface area contributed by atoms with E-state index in [1.807, 2.05) is 18.2 Å². The third-order valence-electron chi connectivity index (χ3n) is 8.40. The smallest absolute Gasteiger partial charge is 0.338 e. The first-order chi connectivity index (χ1) is 17.1. The molecule has 2 saturated carbocycles. The minimum absolute atomic E-state index is 0.113. The number of carbonyl (C=O) groups is 2. The molecular formula is C31H31NO3. The van der Waals surface area contributed by atoms with Gasteiger partial charge in [-0.15, -0.1) is 0 Å². The fourth-order valence-corrected chi connectivity index (χ4v) is 6.91. The molecule has 1 heterocycles. The molecule has 1 N–H and O–H groups in total. The highest BCUT2D eigenvalue weighted by Gasteiger charge is 2.53. The van der Waals surface area contributed by atoms with Gasteiger partial charge in [0.25, 0.3) is 0 Å². The summed E-state index contributed by atoms with van der Waals surface area (Å²) in [5, 5.41) is 3.86. The van der Waals surface area contributed by atoms with Gasteiger partial charge in [0.2, 0.25) is 0 Å². The fraction of sp³-hybridized carbons (Fsp3) is 0.355. The zero-order valence-electron chi connectivity index (χ0n) is 20.1. The van der Waals surface area contributed by atoms with Gasteiger partial charge in [-0.05, 0) is 96.9 Å². The maximum atomic E-state index is 13.2. The predicted molar refractivity (Wildman–Crippen MR) is 137 cm³/mol. The highest BCUT2D eigenvalue weighted by molar-refractivity contribution is 5.98. The minimum Gasteiger partial charge on any atom is -0.462 e. The van der Waals surface area contributed by atoms with E-state index in [0.29, 0.717) is 36.5 Å². The van der Waals surface area contributed by atoms with E-state index in [2.05, 4.69) is 47.8 Å². The fourth-order valence-electron chi connectivity index (χ4n) is 6.91. The van der Waals surface area contributed by atoms with Crippen LogP contribution in [0.3, 0.4) is 0 Å². The van der Waals surface area contributed by atoms with Gasteiger partial charge >= 0.3 is 5.97 Å². The maximum absolute atomic E-state index is 13.2. The summed E-state index contributed by atoms with van der Waals surface area (Å²) in [5.41, 5.74) is 6.08. The molecule has 2 bridgehead atoms. The molecule has 3 aliphatic rings. The van der Waals surface area contributed by atoms with Crippen LogP contribution >= 0.6 is 0 Å². The molecule has 0 spiro atoms. The molecule has 35 heavy (non-hydrogen) atoms. The third-order valence-corrected chi connectivity index (χ3v) is 8.40. The second-order valence-electron chi connectivity index (χ2n) is 10.3. The number of nitrogens with one attached hydrogen (secondary N) is 1. The van der Waals surface area contributed by atoms with Crippen LogP contribution in [0, 0.1) is 17.8 Å². The van der Waals surface area contributed by atoms with Crippen LogP contribution in [0.2, 0.25) is 0 Å². The molecule has 6 rings (SSSR count).